The molecule has 0 aliphatic carbocycles. The van der Waals surface area contributed by atoms with Crippen LogP contribution >= 0.6 is 11.6 Å². The lowest BCUT2D eigenvalue weighted by Crippen LogP contribution is -2.57. The quantitative estimate of drug-likeness (QED) is 0.715. The van der Waals surface area contributed by atoms with Gasteiger partial charge in [-0.25, -0.2) is 4.99 Å². The van der Waals surface area contributed by atoms with Crippen molar-refractivity contribution in [3.63, 3.8) is 0 Å². The van der Waals surface area contributed by atoms with E-state index in [0.717, 1.165) is 16.9 Å². The van der Waals surface area contributed by atoms with Gasteiger partial charge in [-0.05, 0) is 38.0 Å². The molecule has 1 fully saturated rings. The molecule has 150 valence electrons. The SMILES string of the molecule is C=C(Cl)N=C1/C(=C\C)NC(=NCc2ccc(S(C)=O)cc2)C(=O)N1[C@H](C)CC. The molecule has 0 saturated carbocycles. The van der Waals surface area contributed by atoms with Crippen LogP contribution in [-0.2, 0) is 22.1 Å². The number of benzene rings is 1. The highest BCUT2D eigenvalue weighted by molar-refractivity contribution is 7.84. The number of piperazine rings is 1. The van der Waals surface area contributed by atoms with Crippen LogP contribution in [0.5, 0.6) is 0 Å². The molecule has 0 bridgehead atoms. The molecule has 8 heteroatoms. The number of carbonyl (C=O) groups is 1. The molecule has 1 N–H and O–H groups in total. The number of aliphatic imine (C=N–C) groups is 2. The van der Waals surface area contributed by atoms with Crippen LogP contribution in [0, 0.1) is 0 Å². The summed E-state index contributed by atoms with van der Waals surface area (Å²) in [4.78, 5) is 24.1. The van der Waals surface area contributed by atoms with Crippen LogP contribution in [0.25, 0.3) is 0 Å². The molecule has 2 rings (SSSR count). The molecule has 1 aromatic rings. The standard InChI is InChI=1S/C20H25ClN4O2S/c1-6-13(3)25-19(23-14(4)21)17(7-2)24-18(20(25)26)22-12-15-8-10-16(11-9-15)28(5)27/h7-11,13H,4,6,12H2,1-3,5H3,(H,22,24)/b17-7+,23-19?/t13-,28?/m1/s1. The second-order valence-corrected chi connectivity index (χ2v) is 8.15. The highest BCUT2D eigenvalue weighted by Crippen LogP contribution is 2.18. The Labute approximate surface area is 173 Å². The van der Waals surface area contributed by atoms with Gasteiger partial charge in [-0.2, -0.15) is 0 Å². The molecule has 0 radical (unpaired) electrons. The molecule has 1 aliphatic heterocycles. The Morgan fingerprint density at radius 1 is 1.39 bits per heavy atom. The van der Waals surface area contributed by atoms with Crippen molar-refractivity contribution in [2.75, 3.05) is 6.26 Å². The number of nitrogens with zero attached hydrogens (tertiary/aromatic N) is 3. The number of halogens is 1. The van der Waals surface area contributed by atoms with Crippen molar-refractivity contribution in [3.05, 3.63) is 53.3 Å². The summed E-state index contributed by atoms with van der Waals surface area (Å²) >= 11 is 5.88. The highest BCUT2D eigenvalue weighted by atomic mass is 35.5. The van der Waals surface area contributed by atoms with Crippen LogP contribution in [-0.4, -0.2) is 39.0 Å². The first kappa shape index (κ1) is 22.0. The predicted molar refractivity (Wildman–Crippen MR) is 116 cm³/mol. The van der Waals surface area contributed by atoms with E-state index in [1.807, 2.05) is 39.0 Å². The minimum atomic E-state index is -1.02. The number of hydrogen-bond acceptors (Lipinski definition) is 4. The fourth-order valence-electron chi connectivity index (χ4n) is 2.66. The largest absolute Gasteiger partial charge is 0.333 e. The lowest BCUT2D eigenvalue weighted by atomic mass is 10.1. The first-order chi connectivity index (χ1) is 13.3. The average molecular weight is 421 g/mol. The average Bonchev–Trinajstić information content (AvgIpc) is 2.67. The van der Waals surface area contributed by atoms with E-state index >= 15 is 0 Å². The fourth-order valence-corrected chi connectivity index (χ4v) is 3.26. The predicted octanol–water partition coefficient (Wildman–Crippen LogP) is 3.57. The Kier molecular flexibility index (Phi) is 7.71. The zero-order chi connectivity index (χ0) is 20.8. The number of rotatable bonds is 6. The van der Waals surface area contributed by atoms with Crippen molar-refractivity contribution in [2.45, 2.75) is 44.7 Å². The summed E-state index contributed by atoms with van der Waals surface area (Å²) in [5, 5.41) is 3.16. The van der Waals surface area contributed by atoms with Crippen LogP contribution in [0.15, 0.2) is 62.7 Å². The molecule has 1 unspecified atom stereocenters. The van der Waals surface area contributed by atoms with Crippen molar-refractivity contribution in [3.8, 4) is 0 Å². The van der Waals surface area contributed by atoms with E-state index in [-0.39, 0.29) is 22.9 Å². The van der Waals surface area contributed by atoms with Crippen LogP contribution in [0.1, 0.15) is 32.8 Å². The lowest BCUT2D eigenvalue weighted by molar-refractivity contribution is -0.122. The third-order valence-electron chi connectivity index (χ3n) is 4.37. The van der Waals surface area contributed by atoms with Crippen molar-refractivity contribution < 1.29 is 9.00 Å². The number of allylic oxidation sites excluding steroid dienone is 1. The molecule has 0 aromatic heterocycles. The van der Waals surface area contributed by atoms with Gasteiger partial charge in [0.1, 0.15) is 5.16 Å². The smallest absolute Gasteiger partial charge is 0.295 e. The summed E-state index contributed by atoms with van der Waals surface area (Å²) in [6.07, 6.45) is 4.21. The third-order valence-corrected chi connectivity index (χ3v) is 5.39. The van der Waals surface area contributed by atoms with E-state index in [1.165, 1.54) is 0 Å². The van der Waals surface area contributed by atoms with Gasteiger partial charge in [0.2, 0.25) is 0 Å². The summed E-state index contributed by atoms with van der Waals surface area (Å²) in [5.74, 6) is 0.425. The maximum Gasteiger partial charge on any atom is 0.295 e. The zero-order valence-corrected chi connectivity index (χ0v) is 18.1. The summed E-state index contributed by atoms with van der Waals surface area (Å²) in [7, 11) is -1.02. The Hall–Kier alpha value is -2.25. The molecule has 1 saturated heterocycles. The minimum absolute atomic E-state index is 0.0802. The van der Waals surface area contributed by atoms with Gasteiger partial charge in [0.15, 0.2) is 11.7 Å². The number of amidine groups is 2. The minimum Gasteiger partial charge on any atom is -0.333 e. The Morgan fingerprint density at radius 2 is 2.04 bits per heavy atom. The van der Waals surface area contributed by atoms with E-state index in [2.05, 4.69) is 21.9 Å². The maximum absolute atomic E-state index is 13.1. The van der Waals surface area contributed by atoms with Gasteiger partial charge in [0.05, 0.1) is 12.2 Å². The van der Waals surface area contributed by atoms with Crippen molar-refractivity contribution in [1.82, 2.24) is 10.2 Å². The van der Waals surface area contributed by atoms with Gasteiger partial charge in [-0.15, -0.1) is 0 Å². The molecule has 6 nitrogen and oxygen atoms in total. The molecule has 1 heterocycles. The number of nitrogens with one attached hydrogen (secondary N) is 1. The van der Waals surface area contributed by atoms with E-state index in [1.54, 1.807) is 23.3 Å². The van der Waals surface area contributed by atoms with Crippen molar-refractivity contribution >= 4 is 40.0 Å². The van der Waals surface area contributed by atoms with E-state index < -0.39 is 10.8 Å². The summed E-state index contributed by atoms with van der Waals surface area (Å²) in [5.41, 5.74) is 1.57. The van der Waals surface area contributed by atoms with Crippen LogP contribution in [0.3, 0.4) is 0 Å². The summed E-state index contributed by atoms with van der Waals surface area (Å²) in [6.45, 7) is 9.73. The second kappa shape index (κ2) is 9.80. The Morgan fingerprint density at radius 3 is 2.54 bits per heavy atom. The fraction of sp³-hybridized carbons (Fsp3) is 0.350. The second-order valence-electron chi connectivity index (χ2n) is 6.33. The van der Waals surface area contributed by atoms with Crippen molar-refractivity contribution in [1.29, 1.82) is 0 Å². The maximum atomic E-state index is 13.1. The van der Waals surface area contributed by atoms with Gasteiger partial charge < -0.3 is 5.32 Å². The van der Waals surface area contributed by atoms with Gasteiger partial charge >= 0.3 is 0 Å². The topological polar surface area (TPSA) is 74.1 Å². The van der Waals surface area contributed by atoms with Gasteiger partial charge in [-0.3, -0.25) is 18.9 Å². The Bertz CT molecular complexity index is 875. The van der Waals surface area contributed by atoms with Crippen LogP contribution in [0.2, 0.25) is 0 Å². The molecule has 1 aromatic carbocycles. The monoisotopic (exact) mass is 420 g/mol. The molecule has 0 spiro atoms. The summed E-state index contributed by atoms with van der Waals surface area (Å²) in [6, 6.07) is 7.26. The van der Waals surface area contributed by atoms with Gasteiger partial charge in [-0.1, -0.05) is 43.3 Å². The number of carbonyl (C=O) groups excluding carboxylic acids is 1. The lowest BCUT2D eigenvalue weighted by Gasteiger charge is -2.35. The molecule has 1 aliphatic rings. The van der Waals surface area contributed by atoms with Crippen molar-refractivity contribution in [2.24, 2.45) is 9.98 Å². The zero-order valence-electron chi connectivity index (χ0n) is 16.5. The third kappa shape index (κ3) is 5.17. The highest BCUT2D eigenvalue weighted by Gasteiger charge is 2.35. The summed E-state index contributed by atoms with van der Waals surface area (Å²) < 4.78 is 11.5. The van der Waals surface area contributed by atoms with Crippen LogP contribution < -0.4 is 5.32 Å². The van der Waals surface area contributed by atoms with Gasteiger partial charge in [0.25, 0.3) is 5.91 Å². The van der Waals surface area contributed by atoms with E-state index in [9.17, 15) is 9.00 Å². The normalized spacial score (nSPS) is 21.1. The number of hydrogen-bond donors (Lipinski definition) is 1. The molecular weight excluding hydrogens is 396 g/mol. The molecular formula is C20H25ClN4O2S. The van der Waals surface area contributed by atoms with Gasteiger partial charge in [0, 0.05) is 28.0 Å². The first-order valence-electron chi connectivity index (χ1n) is 8.95. The number of amides is 1. The van der Waals surface area contributed by atoms with E-state index in [4.69, 9.17) is 11.6 Å². The first-order valence-corrected chi connectivity index (χ1v) is 10.9. The van der Waals surface area contributed by atoms with E-state index in [0.29, 0.717) is 18.1 Å². The van der Waals surface area contributed by atoms with Crippen LogP contribution in [0.4, 0.5) is 0 Å². The Balaban J connectivity index is 2.35. The molecule has 2 atom stereocenters. The molecule has 28 heavy (non-hydrogen) atoms. The molecule has 1 amide bonds.